The summed E-state index contributed by atoms with van der Waals surface area (Å²) in [6.07, 6.45) is 0.768. The molecule has 4 rings (SSSR count). The molecule has 2 aromatic carbocycles. The fraction of sp³-hybridized carbons (Fsp3) is 0.167. The molecular weight excluding hydrogens is 334 g/mol. The van der Waals surface area contributed by atoms with Crippen molar-refractivity contribution in [3.05, 3.63) is 52.6 Å². The predicted octanol–water partition coefficient (Wildman–Crippen LogP) is 2.38. The fourth-order valence-electron chi connectivity index (χ4n) is 3.01. The van der Waals surface area contributed by atoms with Crippen LogP contribution in [0.3, 0.4) is 0 Å². The molecule has 0 amide bonds. The smallest absolute Gasteiger partial charge is 0.348 e. The Morgan fingerprint density at radius 3 is 2.81 bits per heavy atom. The molecule has 0 atom stereocenters. The second-order valence-electron chi connectivity index (χ2n) is 5.83. The van der Waals surface area contributed by atoms with Crippen molar-refractivity contribution in [3.8, 4) is 28.6 Å². The van der Waals surface area contributed by atoms with Gasteiger partial charge in [0.1, 0.15) is 11.5 Å². The van der Waals surface area contributed by atoms with E-state index in [1.807, 2.05) is 6.92 Å². The van der Waals surface area contributed by atoms with E-state index in [1.54, 1.807) is 43.5 Å². The van der Waals surface area contributed by atoms with Gasteiger partial charge in [-0.15, -0.1) is 0 Å². The first kappa shape index (κ1) is 15.9. The van der Waals surface area contributed by atoms with Gasteiger partial charge in [0.15, 0.2) is 5.82 Å². The van der Waals surface area contributed by atoms with Crippen LogP contribution in [0, 0.1) is 0 Å². The highest BCUT2D eigenvalue weighted by Gasteiger charge is 2.18. The molecule has 2 heterocycles. The molecule has 2 aromatic heterocycles. The number of aromatic nitrogens is 5. The van der Waals surface area contributed by atoms with Crippen molar-refractivity contribution in [2.45, 2.75) is 13.3 Å². The highest BCUT2D eigenvalue weighted by Crippen LogP contribution is 2.33. The highest BCUT2D eigenvalue weighted by atomic mass is 16.5. The second-order valence-corrected chi connectivity index (χ2v) is 5.83. The molecule has 0 unspecified atom stereocenters. The molecule has 26 heavy (non-hydrogen) atoms. The Balaban J connectivity index is 1.96. The average molecular weight is 351 g/mol. The lowest BCUT2D eigenvalue weighted by Gasteiger charge is -2.09. The maximum Gasteiger partial charge on any atom is 0.348 e. The number of ether oxygens (including phenoxy) is 1. The molecule has 0 fully saturated rings. The number of fused-ring (bicyclic) bond motifs is 1. The summed E-state index contributed by atoms with van der Waals surface area (Å²) in [5.41, 5.74) is 2.23. The summed E-state index contributed by atoms with van der Waals surface area (Å²) in [6, 6.07) is 10.4. The van der Waals surface area contributed by atoms with Crippen molar-refractivity contribution in [1.82, 2.24) is 25.0 Å². The lowest BCUT2D eigenvalue weighted by atomic mass is 10.1. The number of aryl methyl sites for hydroxylation is 1. The number of phenols is 1. The number of benzene rings is 2. The van der Waals surface area contributed by atoms with Crippen LogP contribution in [0.1, 0.15) is 12.6 Å². The van der Waals surface area contributed by atoms with E-state index in [2.05, 4.69) is 20.4 Å². The summed E-state index contributed by atoms with van der Waals surface area (Å²) in [4.78, 5) is 12.4. The zero-order valence-electron chi connectivity index (χ0n) is 14.3. The Labute approximate surface area is 148 Å². The van der Waals surface area contributed by atoms with E-state index in [0.717, 1.165) is 17.5 Å². The van der Waals surface area contributed by atoms with Gasteiger partial charge < -0.3 is 9.84 Å². The standard InChI is InChI=1S/C18H17N5O3/c1-3-14-12-8-13(16(24)9-15(12)20-19-14)17-21-22-18(25)23(17)10-5-4-6-11(7-10)26-2/h4-9,24H,3H2,1-2H3,(H,19,20)(H,22,25). The van der Waals surface area contributed by atoms with Crippen LogP contribution in [-0.2, 0) is 6.42 Å². The summed E-state index contributed by atoms with van der Waals surface area (Å²) < 4.78 is 6.63. The maximum absolute atomic E-state index is 12.4. The third-order valence-electron chi connectivity index (χ3n) is 4.33. The first-order valence-electron chi connectivity index (χ1n) is 8.14. The number of phenolic OH excluding ortho intramolecular Hbond substituents is 1. The van der Waals surface area contributed by atoms with E-state index in [-0.39, 0.29) is 5.75 Å². The normalized spacial score (nSPS) is 11.2. The van der Waals surface area contributed by atoms with Gasteiger partial charge in [0.2, 0.25) is 0 Å². The molecule has 8 nitrogen and oxygen atoms in total. The van der Waals surface area contributed by atoms with Gasteiger partial charge in [0.25, 0.3) is 0 Å². The van der Waals surface area contributed by atoms with Crippen LogP contribution in [0.15, 0.2) is 41.2 Å². The molecule has 8 heteroatoms. The van der Waals surface area contributed by atoms with Crippen molar-refractivity contribution in [3.63, 3.8) is 0 Å². The van der Waals surface area contributed by atoms with Crippen LogP contribution in [0.2, 0.25) is 0 Å². The van der Waals surface area contributed by atoms with Gasteiger partial charge in [0.05, 0.1) is 23.9 Å². The van der Waals surface area contributed by atoms with Crippen molar-refractivity contribution in [2.24, 2.45) is 0 Å². The van der Waals surface area contributed by atoms with Gasteiger partial charge in [-0.25, -0.2) is 14.5 Å². The van der Waals surface area contributed by atoms with Crippen LogP contribution in [0.4, 0.5) is 0 Å². The minimum atomic E-state index is -0.407. The number of nitrogens with zero attached hydrogens (tertiary/aromatic N) is 3. The number of hydrogen-bond acceptors (Lipinski definition) is 5. The Morgan fingerprint density at radius 1 is 1.19 bits per heavy atom. The van der Waals surface area contributed by atoms with E-state index < -0.39 is 5.69 Å². The van der Waals surface area contributed by atoms with Crippen molar-refractivity contribution >= 4 is 10.9 Å². The number of hydrogen-bond donors (Lipinski definition) is 3. The Hall–Kier alpha value is -3.55. The number of H-pyrrole nitrogens is 2. The first-order valence-corrected chi connectivity index (χ1v) is 8.14. The van der Waals surface area contributed by atoms with Crippen molar-refractivity contribution in [1.29, 1.82) is 0 Å². The monoisotopic (exact) mass is 351 g/mol. The zero-order chi connectivity index (χ0) is 18.3. The molecular formula is C18H17N5O3. The van der Waals surface area contributed by atoms with Gasteiger partial charge in [-0.05, 0) is 24.6 Å². The third kappa shape index (κ3) is 2.43. The highest BCUT2D eigenvalue weighted by molar-refractivity contribution is 5.89. The summed E-state index contributed by atoms with van der Waals surface area (Å²) in [6.45, 7) is 2.01. The third-order valence-corrected chi connectivity index (χ3v) is 4.33. The molecule has 0 bridgehead atoms. The summed E-state index contributed by atoms with van der Waals surface area (Å²) in [5, 5.41) is 25.1. The maximum atomic E-state index is 12.4. The fourth-order valence-corrected chi connectivity index (χ4v) is 3.01. The largest absolute Gasteiger partial charge is 0.507 e. The molecule has 0 aliphatic carbocycles. The molecule has 0 aliphatic heterocycles. The van der Waals surface area contributed by atoms with Gasteiger partial charge in [-0.1, -0.05) is 13.0 Å². The topological polar surface area (TPSA) is 109 Å². The molecule has 0 spiro atoms. The van der Waals surface area contributed by atoms with E-state index >= 15 is 0 Å². The summed E-state index contributed by atoms with van der Waals surface area (Å²) in [7, 11) is 1.56. The summed E-state index contributed by atoms with van der Waals surface area (Å²) in [5.74, 6) is 0.921. The second kappa shape index (κ2) is 6.07. The van der Waals surface area contributed by atoms with Gasteiger partial charge >= 0.3 is 5.69 Å². The number of rotatable bonds is 4. The Kier molecular flexibility index (Phi) is 3.72. The van der Waals surface area contributed by atoms with Crippen molar-refractivity contribution < 1.29 is 9.84 Å². The van der Waals surface area contributed by atoms with Gasteiger partial charge in [-0.3, -0.25) is 5.10 Å². The molecule has 3 N–H and O–H groups in total. The van der Waals surface area contributed by atoms with Gasteiger partial charge in [0, 0.05) is 23.2 Å². The van der Waals surface area contributed by atoms with E-state index in [1.165, 1.54) is 4.57 Å². The van der Waals surface area contributed by atoms with Gasteiger partial charge in [-0.2, -0.15) is 10.2 Å². The number of aromatic hydroxyl groups is 1. The van der Waals surface area contributed by atoms with Crippen molar-refractivity contribution in [2.75, 3.05) is 7.11 Å². The van der Waals surface area contributed by atoms with E-state index in [9.17, 15) is 9.90 Å². The molecule has 0 saturated carbocycles. The van der Waals surface area contributed by atoms with Crippen LogP contribution in [-0.4, -0.2) is 37.2 Å². The zero-order valence-corrected chi connectivity index (χ0v) is 14.3. The molecule has 0 saturated heterocycles. The van der Waals surface area contributed by atoms with E-state index in [0.29, 0.717) is 28.3 Å². The predicted molar refractivity (Wildman–Crippen MR) is 96.9 cm³/mol. The number of nitrogens with one attached hydrogen (secondary N) is 2. The number of aromatic amines is 2. The molecule has 4 aromatic rings. The summed E-state index contributed by atoms with van der Waals surface area (Å²) >= 11 is 0. The van der Waals surface area contributed by atoms with Crippen LogP contribution in [0.5, 0.6) is 11.5 Å². The molecule has 132 valence electrons. The quantitative estimate of drug-likeness (QED) is 0.523. The van der Waals surface area contributed by atoms with E-state index in [4.69, 9.17) is 4.74 Å². The lowest BCUT2D eigenvalue weighted by Crippen LogP contribution is -2.15. The minimum Gasteiger partial charge on any atom is -0.507 e. The Bertz CT molecular complexity index is 1160. The molecule has 0 aliphatic rings. The van der Waals surface area contributed by atoms with Crippen LogP contribution < -0.4 is 10.4 Å². The van der Waals surface area contributed by atoms with Crippen LogP contribution >= 0.6 is 0 Å². The number of methoxy groups -OCH3 is 1. The van der Waals surface area contributed by atoms with Crippen LogP contribution in [0.25, 0.3) is 28.0 Å². The first-order chi connectivity index (χ1) is 12.6. The Morgan fingerprint density at radius 2 is 2.04 bits per heavy atom. The lowest BCUT2D eigenvalue weighted by molar-refractivity contribution is 0.414. The minimum absolute atomic E-state index is 0.00482. The average Bonchev–Trinajstić information content (AvgIpc) is 3.23. The molecule has 0 radical (unpaired) electrons. The SMILES string of the molecule is CCc1[nH]nc2cc(O)c(-c3n[nH]c(=O)n3-c3cccc(OC)c3)cc12.